The van der Waals surface area contributed by atoms with Crippen LogP contribution in [-0.4, -0.2) is 20.1 Å². The highest BCUT2D eigenvalue weighted by Gasteiger charge is 2.16. The van der Waals surface area contributed by atoms with Crippen LogP contribution in [0.2, 0.25) is 0 Å². The van der Waals surface area contributed by atoms with Crippen molar-refractivity contribution in [2.75, 3.05) is 19.0 Å². The van der Waals surface area contributed by atoms with E-state index in [0.717, 1.165) is 12.6 Å². The molecule has 1 aliphatic carbocycles. The molecule has 0 heterocycles. The Labute approximate surface area is 98.7 Å². The van der Waals surface area contributed by atoms with Crippen molar-refractivity contribution in [3.63, 3.8) is 0 Å². The largest absolute Gasteiger partial charge is 0.378 e. The van der Waals surface area contributed by atoms with Gasteiger partial charge in [0.1, 0.15) is 0 Å². The van der Waals surface area contributed by atoms with E-state index in [0.29, 0.717) is 0 Å². The first-order valence-corrected chi connectivity index (χ1v) is 6.17. The number of rotatable bonds is 4. The number of anilines is 1. The molecule has 2 nitrogen and oxygen atoms in total. The summed E-state index contributed by atoms with van der Waals surface area (Å²) >= 11 is 0. The topological polar surface area (TPSA) is 15.3 Å². The van der Waals surface area contributed by atoms with Gasteiger partial charge in [-0.15, -0.1) is 0 Å². The highest BCUT2D eigenvalue weighted by molar-refractivity contribution is 5.49. The van der Waals surface area contributed by atoms with Crippen LogP contribution in [0.5, 0.6) is 0 Å². The Kier molecular flexibility index (Phi) is 3.49. The molecule has 16 heavy (non-hydrogen) atoms. The molecule has 0 unspecified atom stereocenters. The molecule has 0 aromatic heterocycles. The molecule has 1 N–H and O–H groups in total. The minimum Gasteiger partial charge on any atom is -0.378 e. The van der Waals surface area contributed by atoms with Gasteiger partial charge in [-0.2, -0.15) is 0 Å². The Bertz CT molecular complexity index is 354. The summed E-state index contributed by atoms with van der Waals surface area (Å²) in [6.45, 7) is 3.22. The summed E-state index contributed by atoms with van der Waals surface area (Å²) in [5.41, 5.74) is 4.10. The smallest absolute Gasteiger partial charge is 0.0363 e. The predicted octanol–water partition coefficient (Wildman–Crippen LogP) is 2.70. The van der Waals surface area contributed by atoms with E-state index in [2.05, 4.69) is 49.4 Å². The molecule has 1 aromatic carbocycles. The summed E-state index contributed by atoms with van der Waals surface area (Å²) in [5.74, 6) is 0. The molecule has 1 fully saturated rings. The minimum absolute atomic E-state index is 0.771. The number of hydrogen-bond donors (Lipinski definition) is 1. The van der Waals surface area contributed by atoms with E-state index >= 15 is 0 Å². The number of hydrogen-bond acceptors (Lipinski definition) is 2. The number of nitrogens with one attached hydrogen (secondary N) is 1. The molecule has 2 heteroatoms. The predicted molar refractivity (Wildman–Crippen MR) is 70.0 cm³/mol. The normalized spacial score (nSPS) is 15.9. The molecule has 0 aliphatic heterocycles. The van der Waals surface area contributed by atoms with Gasteiger partial charge in [-0.1, -0.05) is 12.5 Å². The monoisotopic (exact) mass is 218 g/mol. The Morgan fingerprint density at radius 1 is 1.31 bits per heavy atom. The summed E-state index contributed by atoms with van der Waals surface area (Å²) in [6, 6.07) is 7.48. The van der Waals surface area contributed by atoms with Gasteiger partial charge in [-0.3, -0.25) is 0 Å². The molecule has 1 saturated carbocycles. The van der Waals surface area contributed by atoms with Crippen LogP contribution < -0.4 is 10.2 Å². The first-order valence-electron chi connectivity index (χ1n) is 6.17. The second-order valence-electron chi connectivity index (χ2n) is 5.01. The fraction of sp³-hybridized carbons (Fsp3) is 0.571. The van der Waals surface area contributed by atoms with Gasteiger partial charge in [-0.05, 0) is 43.0 Å². The average molecular weight is 218 g/mol. The molecular formula is C14H22N2. The average Bonchev–Trinajstić information content (AvgIpc) is 2.17. The summed E-state index contributed by atoms with van der Waals surface area (Å²) in [5, 5.41) is 3.61. The maximum Gasteiger partial charge on any atom is 0.0363 e. The minimum atomic E-state index is 0.771. The summed E-state index contributed by atoms with van der Waals surface area (Å²) in [4.78, 5) is 2.15. The van der Waals surface area contributed by atoms with Crippen molar-refractivity contribution in [3.05, 3.63) is 29.3 Å². The van der Waals surface area contributed by atoms with Crippen LogP contribution in [0.1, 0.15) is 30.4 Å². The third-order valence-corrected chi connectivity index (χ3v) is 3.53. The fourth-order valence-electron chi connectivity index (χ4n) is 2.02. The highest BCUT2D eigenvalue weighted by atomic mass is 15.1. The molecule has 0 atom stereocenters. The molecule has 0 amide bonds. The van der Waals surface area contributed by atoms with Gasteiger partial charge in [0.15, 0.2) is 0 Å². The summed E-state index contributed by atoms with van der Waals surface area (Å²) in [7, 11) is 4.17. The van der Waals surface area contributed by atoms with Crippen molar-refractivity contribution in [3.8, 4) is 0 Å². The van der Waals surface area contributed by atoms with E-state index in [1.165, 1.54) is 36.1 Å². The van der Waals surface area contributed by atoms with Crippen molar-refractivity contribution in [2.45, 2.75) is 38.8 Å². The van der Waals surface area contributed by atoms with E-state index in [1.54, 1.807) is 0 Å². The first kappa shape index (κ1) is 11.5. The third-order valence-electron chi connectivity index (χ3n) is 3.53. The lowest BCUT2D eigenvalue weighted by Gasteiger charge is -2.27. The number of benzene rings is 1. The Balaban J connectivity index is 1.98. The molecular weight excluding hydrogens is 196 g/mol. The van der Waals surface area contributed by atoms with Gasteiger partial charge in [-0.25, -0.2) is 0 Å². The van der Waals surface area contributed by atoms with Crippen LogP contribution >= 0.6 is 0 Å². The molecule has 0 radical (unpaired) electrons. The second kappa shape index (κ2) is 4.88. The van der Waals surface area contributed by atoms with Crippen LogP contribution in [0, 0.1) is 6.92 Å². The van der Waals surface area contributed by atoms with Crippen LogP contribution in [0.4, 0.5) is 5.69 Å². The second-order valence-corrected chi connectivity index (χ2v) is 5.01. The lowest BCUT2D eigenvalue weighted by molar-refractivity contribution is 0.338. The van der Waals surface area contributed by atoms with Gasteiger partial charge < -0.3 is 10.2 Å². The fourth-order valence-corrected chi connectivity index (χ4v) is 2.02. The molecule has 0 spiro atoms. The Morgan fingerprint density at radius 2 is 2.06 bits per heavy atom. The maximum absolute atomic E-state index is 3.61. The summed E-state index contributed by atoms with van der Waals surface area (Å²) < 4.78 is 0. The van der Waals surface area contributed by atoms with Crippen LogP contribution in [-0.2, 0) is 6.54 Å². The van der Waals surface area contributed by atoms with Gasteiger partial charge in [0.25, 0.3) is 0 Å². The molecule has 0 saturated heterocycles. The first-order chi connectivity index (χ1) is 7.66. The molecule has 0 bridgehead atoms. The Hall–Kier alpha value is -1.02. The molecule has 2 rings (SSSR count). The van der Waals surface area contributed by atoms with E-state index < -0.39 is 0 Å². The zero-order valence-corrected chi connectivity index (χ0v) is 10.6. The van der Waals surface area contributed by atoms with Crippen LogP contribution in [0.15, 0.2) is 18.2 Å². The lowest BCUT2D eigenvalue weighted by Crippen LogP contribution is -2.34. The van der Waals surface area contributed by atoms with Gasteiger partial charge >= 0.3 is 0 Å². The third kappa shape index (κ3) is 2.56. The van der Waals surface area contributed by atoms with Crippen LogP contribution in [0.25, 0.3) is 0 Å². The molecule has 1 aliphatic rings. The SMILES string of the molecule is Cc1cc(N(C)C)ccc1CNC1CCC1. The van der Waals surface area contributed by atoms with Crippen molar-refractivity contribution < 1.29 is 0 Å². The standard InChI is InChI=1S/C14H22N2/c1-11-9-14(16(2)3)8-7-12(11)10-15-13-5-4-6-13/h7-9,13,15H,4-6,10H2,1-3H3. The highest BCUT2D eigenvalue weighted by Crippen LogP contribution is 2.20. The Morgan fingerprint density at radius 3 is 2.56 bits per heavy atom. The zero-order chi connectivity index (χ0) is 11.5. The lowest BCUT2D eigenvalue weighted by atomic mass is 9.93. The van der Waals surface area contributed by atoms with Crippen molar-refractivity contribution in [2.24, 2.45) is 0 Å². The molecule has 1 aromatic rings. The van der Waals surface area contributed by atoms with Crippen molar-refractivity contribution in [1.29, 1.82) is 0 Å². The van der Waals surface area contributed by atoms with Crippen molar-refractivity contribution in [1.82, 2.24) is 5.32 Å². The van der Waals surface area contributed by atoms with Crippen molar-refractivity contribution >= 4 is 5.69 Å². The van der Waals surface area contributed by atoms with E-state index in [4.69, 9.17) is 0 Å². The van der Waals surface area contributed by atoms with Gasteiger partial charge in [0.2, 0.25) is 0 Å². The van der Waals surface area contributed by atoms with E-state index in [-0.39, 0.29) is 0 Å². The summed E-state index contributed by atoms with van der Waals surface area (Å²) in [6.07, 6.45) is 4.11. The van der Waals surface area contributed by atoms with Crippen LogP contribution in [0.3, 0.4) is 0 Å². The van der Waals surface area contributed by atoms with Gasteiger partial charge in [0.05, 0.1) is 0 Å². The number of aryl methyl sites for hydroxylation is 1. The maximum atomic E-state index is 3.61. The quantitative estimate of drug-likeness (QED) is 0.836. The zero-order valence-electron chi connectivity index (χ0n) is 10.6. The number of nitrogens with zero attached hydrogens (tertiary/aromatic N) is 1. The van der Waals surface area contributed by atoms with Gasteiger partial charge in [0, 0.05) is 32.4 Å². The van der Waals surface area contributed by atoms with E-state index in [1.807, 2.05) is 0 Å². The van der Waals surface area contributed by atoms with E-state index in [9.17, 15) is 0 Å². The molecule has 88 valence electrons.